The number of ether oxygens (including phenoxy) is 1. The van der Waals surface area contributed by atoms with E-state index in [1.165, 1.54) is 12.1 Å². The van der Waals surface area contributed by atoms with E-state index in [0.717, 1.165) is 5.56 Å². The number of anilines is 1. The van der Waals surface area contributed by atoms with Gasteiger partial charge in [0.15, 0.2) is 6.61 Å². The van der Waals surface area contributed by atoms with Crippen molar-refractivity contribution in [3.8, 4) is 11.5 Å². The van der Waals surface area contributed by atoms with E-state index in [2.05, 4.69) is 10.2 Å². The SMILES string of the molecule is Nc1c(Cl)cc(Cl)cc1C(=O)OCc1nnc(-c2ccccc2)o1. The number of benzene rings is 2. The molecule has 24 heavy (non-hydrogen) atoms. The molecule has 0 fully saturated rings. The Morgan fingerprint density at radius 3 is 2.67 bits per heavy atom. The predicted molar refractivity (Wildman–Crippen MR) is 89.7 cm³/mol. The van der Waals surface area contributed by atoms with Crippen LogP contribution < -0.4 is 5.73 Å². The predicted octanol–water partition coefficient (Wildman–Crippen LogP) is 3.98. The van der Waals surface area contributed by atoms with Crippen molar-refractivity contribution in [2.75, 3.05) is 5.73 Å². The molecule has 0 unspecified atom stereocenters. The van der Waals surface area contributed by atoms with Crippen molar-refractivity contribution < 1.29 is 13.9 Å². The van der Waals surface area contributed by atoms with Crippen molar-refractivity contribution in [1.82, 2.24) is 10.2 Å². The molecule has 122 valence electrons. The molecule has 0 spiro atoms. The van der Waals surface area contributed by atoms with Crippen molar-refractivity contribution in [2.24, 2.45) is 0 Å². The molecule has 0 radical (unpaired) electrons. The molecule has 0 aliphatic heterocycles. The van der Waals surface area contributed by atoms with Crippen LogP contribution in [0.4, 0.5) is 5.69 Å². The maximum Gasteiger partial charge on any atom is 0.340 e. The molecule has 2 aromatic carbocycles. The Hall–Kier alpha value is -2.57. The van der Waals surface area contributed by atoms with Gasteiger partial charge in [0.25, 0.3) is 5.89 Å². The first-order valence-corrected chi connectivity index (χ1v) is 7.59. The number of nitrogen functional groups attached to an aromatic ring is 1. The highest BCUT2D eigenvalue weighted by Crippen LogP contribution is 2.28. The van der Waals surface area contributed by atoms with E-state index in [4.69, 9.17) is 38.1 Å². The first-order chi connectivity index (χ1) is 11.5. The second-order valence-corrected chi connectivity index (χ2v) is 5.64. The van der Waals surface area contributed by atoms with Crippen LogP contribution in [0.3, 0.4) is 0 Å². The average molecular weight is 364 g/mol. The highest BCUT2D eigenvalue weighted by atomic mass is 35.5. The lowest BCUT2D eigenvalue weighted by atomic mass is 10.2. The average Bonchev–Trinajstić information content (AvgIpc) is 3.06. The van der Waals surface area contributed by atoms with Gasteiger partial charge in [-0.05, 0) is 24.3 Å². The molecule has 3 aromatic rings. The van der Waals surface area contributed by atoms with E-state index in [1.807, 2.05) is 30.3 Å². The Balaban J connectivity index is 1.70. The molecule has 0 aliphatic rings. The topological polar surface area (TPSA) is 91.2 Å². The highest BCUT2D eigenvalue weighted by molar-refractivity contribution is 6.37. The fraction of sp³-hybridized carbons (Fsp3) is 0.0625. The number of rotatable bonds is 4. The molecule has 6 nitrogen and oxygen atoms in total. The van der Waals surface area contributed by atoms with E-state index in [-0.39, 0.29) is 33.8 Å². The number of carbonyl (C=O) groups is 1. The van der Waals surface area contributed by atoms with Gasteiger partial charge < -0.3 is 14.9 Å². The van der Waals surface area contributed by atoms with Crippen molar-refractivity contribution in [2.45, 2.75) is 6.61 Å². The Bertz CT molecular complexity index is 882. The second-order valence-electron chi connectivity index (χ2n) is 4.79. The number of halogens is 2. The maximum absolute atomic E-state index is 12.1. The molecule has 0 saturated heterocycles. The van der Waals surface area contributed by atoms with Gasteiger partial charge in [-0.1, -0.05) is 41.4 Å². The molecule has 3 rings (SSSR count). The summed E-state index contributed by atoms with van der Waals surface area (Å²) in [7, 11) is 0. The van der Waals surface area contributed by atoms with Crippen LogP contribution in [-0.4, -0.2) is 16.2 Å². The molecule has 0 bridgehead atoms. The van der Waals surface area contributed by atoms with Crippen LogP contribution in [0, 0.1) is 0 Å². The highest BCUT2D eigenvalue weighted by Gasteiger charge is 2.17. The lowest BCUT2D eigenvalue weighted by Crippen LogP contribution is -2.09. The summed E-state index contributed by atoms with van der Waals surface area (Å²) in [5.74, 6) is -0.183. The molecular weight excluding hydrogens is 353 g/mol. The fourth-order valence-electron chi connectivity index (χ4n) is 1.97. The third-order valence-electron chi connectivity index (χ3n) is 3.13. The van der Waals surface area contributed by atoms with Crippen LogP contribution in [-0.2, 0) is 11.3 Å². The maximum atomic E-state index is 12.1. The van der Waals surface area contributed by atoms with E-state index < -0.39 is 5.97 Å². The lowest BCUT2D eigenvalue weighted by molar-refractivity contribution is 0.0440. The van der Waals surface area contributed by atoms with Gasteiger partial charge in [-0.25, -0.2) is 4.79 Å². The van der Waals surface area contributed by atoms with E-state index in [9.17, 15) is 4.79 Å². The van der Waals surface area contributed by atoms with Crippen LogP contribution in [0.2, 0.25) is 10.0 Å². The molecule has 1 aromatic heterocycles. The van der Waals surface area contributed by atoms with Gasteiger partial charge in [-0.15, -0.1) is 10.2 Å². The van der Waals surface area contributed by atoms with Crippen LogP contribution in [0.15, 0.2) is 46.9 Å². The fourth-order valence-corrected chi connectivity index (χ4v) is 2.46. The van der Waals surface area contributed by atoms with Gasteiger partial charge >= 0.3 is 5.97 Å². The number of aromatic nitrogens is 2. The molecule has 0 aliphatic carbocycles. The van der Waals surface area contributed by atoms with Crippen LogP contribution in [0.5, 0.6) is 0 Å². The summed E-state index contributed by atoms with van der Waals surface area (Å²) in [6.45, 7) is -0.192. The second kappa shape index (κ2) is 6.90. The van der Waals surface area contributed by atoms with E-state index in [0.29, 0.717) is 5.89 Å². The summed E-state index contributed by atoms with van der Waals surface area (Å²) < 4.78 is 10.6. The van der Waals surface area contributed by atoms with Gasteiger partial charge in [0.2, 0.25) is 5.89 Å². The van der Waals surface area contributed by atoms with Crippen molar-refractivity contribution in [3.05, 3.63) is 64.0 Å². The van der Waals surface area contributed by atoms with Gasteiger partial charge in [-0.3, -0.25) is 0 Å². The zero-order chi connectivity index (χ0) is 17.1. The van der Waals surface area contributed by atoms with Crippen molar-refractivity contribution in [1.29, 1.82) is 0 Å². The van der Waals surface area contributed by atoms with Crippen molar-refractivity contribution in [3.63, 3.8) is 0 Å². The molecule has 2 N–H and O–H groups in total. The van der Waals surface area contributed by atoms with Gasteiger partial charge in [-0.2, -0.15) is 0 Å². The summed E-state index contributed by atoms with van der Waals surface area (Å²) in [6.07, 6.45) is 0. The molecule has 0 amide bonds. The zero-order valence-corrected chi connectivity index (χ0v) is 13.7. The van der Waals surface area contributed by atoms with Gasteiger partial charge in [0, 0.05) is 10.6 Å². The third kappa shape index (κ3) is 3.50. The van der Waals surface area contributed by atoms with Gasteiger partial charge in [0.1, 0.15) is 0 Å². The first-order valence-electron chi connectivity index (χ1n) is 6.84. The van der Waals surface area contributed by atoms with Crippen LogP contribution in [0.1, 0.15) is 16.2 Å². The monoisotopic (exact) mass is 363 g/mol. The number of nitrogens with zero attached hydrogens (tertiary/aromatic N) is 2. The molecule has 0 atom stereocenters. The number of hydrogen-bond acceptors (Lipinski definition) is 6. The summed E-state index contributed by atoms with van der Waals surface area (Å²) in [6, 6.07) is 12.1. The number of carbonyl (C=O) groups excluding carboxylic acids is 1. The standard InChI is InChI=1S/C16H11Cl2N3O3/c17-10-6-11(14(19)12(18)7-10)16(22)23-8-13-20-21-15(24-13)9-4-2-1-3-5-9/h1-7H,8,19H2. The molecule has 0 saturated carbocycles. The minimum absolute atomic E-state index is 0.0790. The summed E-state index contributed by atoms with van der Waals surface area (Å²) in [5.41, 5.74) is 6.71. The number of nitrogens with two attached hydrogens (primary N) is 1. The molecular formula is C16H11Cl2N3O3. The number of esters is 1. The summed E-state index contributed by atoms with van der Waals surface area (Å²) >= 11 is 11.8. The number of hydrogen-bond donors (Lipinski definition) is 1. The molecule has 1 heterocycles. The smallest absolute Gasteiger partial charge is 0.340 e. The summed E-state index contributed by atoms with van der Waals surface area (Å²) in [4.78, 5) is 12.1. The van der Waals surface area contributed by atoms with E-state index >= 15 is 0 Å². The molecule has 8 heteroatoms. The van der Waals surface area contributed by atoms with Crippen LogP contribution in [0.25, 0.3) is 11.5 Å². The van der Waals surface area contributed by atoms with Crippen molar-refractivity contribution >= 4 is 34.9 Å². The van der Waals surface area contributed by atoms with Gasteiger partial charge in [0.05, 0.1) is 16.3 Å². The quantitative estimate of drug-likeness (QED) is 0.556. The minimum Gasteiger partial charge on any atom is -0.452 e. The Labute approximate surface area is 147 Å². The zero-order valence-electron chi connectivity index (χ0n) is 12.2. The minimum atomic E-state index is -0.684. The Morgan fingerprint density at radius 2 is 1.92 bits per heavy atom. The van der Waals surface area contributed by atoms with E-state index in [1.54, 1.807) is 0 Å². The Morgan fingerprint density at radius 1 is 1.17 bits per heavy atom. The third-order valence-corrected chi connectivity index (χ3v) is 3.66. The largest absolute Gasteiger partial charge is 0.452 e. The normalized spacial score (nSPS) is 10.6. The first kappa shape index (κ1) is 16.3. The Kier molecular flexibility index (Phi) is 4.69. The van der Waals surface area contributed by atoms with Crippen LogP contribution >= 0.6 is 23.2 Å². The lowest BCUT2D eigenvalue weighted by Gasteiger charge is -2.07. The summed E-state index contributed by atoms with van der Waals surface area (Å²) in [5, 5.41) is 8.21.